The fourth-order valence-electron chi connectivity index (χ4n) is 4.20. The maximum atomic E-state index is 12.9. The van der Waals surface area contributed by atoms with E-state index in [-0.39, 0.29) is 11.8 Å². The first kappa shape index (κ1) is 22.8. The molecule has 0 saturated carbocycles. The Morgan fingerprint density at radius 1 is 1.30 bits per heavy atom. The van der Waals surface area contributed by atoms with E-state index in [1.54, 1.807) is 10.8 Å². The minimum Gasteiger partial charge on any atom is -0.464 e. The summed E-state index contributed by atoms with van der Waals surface area (Å²) in [6, 6.07) is 12.2. The molecule has 8 nitrogen and oxygen atoms in total. The molecule has 1 aliphatic heterocycles. The number of methoxy groups -OCH3 is 1. The number of carbonyl (C=O) groups is 2. The molecule has 3 heterocycles. The van der Waals surface area contributed by atoms with Crippen LogP contribution in [0.4, 0.5) is 11.4 Å². The largest absolute Gasteiger partial charge is 0.464 e. The first-order valence-corrected chi connectivity index (χ1v) is 11.3. The number of anilines is 2. The zero-order valence-corrected chi connectivity index (χ0v) is 19.3. The number of pyridine rings is 1. The maximum absolute atomic E-state index is 12.9. The van der Waals surface area contributed by atoms with Gasteiger partial charge in [-0.25, -0.2) is 9.78 Å². The molecule has 0 aliphatic carbocycles. The standard InChI is InChI=1S/C25H30N4O4/c1-4-29-22(25(31)32-3)21(28-24(30)18-10-11-33-15-18)20-12-19(14-27-23(20)29)26-13-16(2)17-8-6-5-7-9-17/h5-9,12,14,16,18,26H,4,10-11,13,15H2,1-3H3,(H,28,30)/t16-,18-/m0/s1. The summed E-state index contributed by atoms with van der Waals surface area (Å²) in [4.78, 5) is 30.2. The predicted octanol–water partition coefficient (Wildman–Crippen LogP) is 4.03. The summed E-state index contributed by atoms with van der Waals surface area (Å²) in [7, 11) is 1.34. The van der Waals surface area contributed by atoms with Crippen LogP contribution in [0.15, 0.2) is 42.6 Å². The highest BCUT2D eigenvalue weighted by Crippen LogP contribution is 2.33. The monoisotopic (exact) mass is 450 g/mol. The van der Waals surface area contributed by atoms with Crippen molar-refractivity contribution < 1.29 is 19.1 Å². The van der Waals surface area contributed by atoms with E-state index >= 15 is 0 Å². The zero-order chi connectivity index (χ0) is 23.4. The third kappa shape index (κ3) is 4.71. The first-order valence-electron chi connectivity index (χ1n) is 11.3. The SMILES string of the molecule is CCn1c(C(=O)OC)c(NC(=O)[C@H]2CCOC2)c2cc(NC[C@H](C)c3ccccc3)cnc21. The van der Waals surface area contributed by atoms with Crippen LogP contribution in [-0.2, 0) is 20.8 Å². The van der Waals surface area contributed by atoms with Crippen molar-refractivity contribution in [3.63, 3.8) is 0 Å². The van der Waals surface area contributed by atoms with E-state index in [1.807, 2.05) is 31.2 Å². The van der Waals surface area contributed by atoms with E-state index in [4.69, 9.17) is 9.47 Å². The van der Waals surface area contributed by atoms with Crippen LogP contribution in [0.3, 0.4) is 0 Å². The lowest BCUT2D eigenvalue weighted by atomic mass is 10.0. The topological polar surface area (TPSA) is 94.5 Å². The number of esters is 1. The van der Waals surface area contributed by atoms with Gasteiger partial charge in [0, 0.05) is 25.1 Å². The lowest BCUT2D eigenvalue weighted by Crippen LogP contribution is -2.24. The second kappa shape index (κ2) is 10.0. The van der Waals surface area contributed by atoms with Crippen molar-refractivity contribution in [2.45, 2.75) is 32.7 Å². The third-order valence-corrected chi connectivity index (χ3v) is 6.12. The smallest absolute Gasteiger partial charge is 0.356 e. The molecule has 2 aromatic heterocycles. The molecule has 0 unspecified atom stereocenters. The van der Waals surface area contributed by atoms with Crippen molar-refractivity contribution >= 4 is 34.3 Å². The fourth-order valence-corrected chi connectivity index (χ4v) is 4.20. The molecular formula is C25H30N4O4. The Balaban J connectivity index is 1.67. The van der Waals surface area contributed by atoms with E-state index in [9.17, 15) is 9.59 Å². The van der Waals surface area contributed by atoms with E-state index in [1.165, 1.54) is 12.7 Å². The number of rotatable bonds is 8. The number of amides is 1. The summed E-state index contributed by atoms with van der Waals surface area (Å²) in [6.07, 6.45) is 2.41. The van der Waals surface area contributed by atoms with Crippen LogP contribution in [0.5, 0.6) is 0 Å². The highest BCUT2D eigenvalue weighted by molar-refractivity contribution is 6.11. The van der Waals surface area contributed by atoms with E-state index < -0.39 is 5.97 Å². The van der Waals surface area contributed by atoms with Gasteiger partial charge in [0.1, 0.15) is 5.65 Å². The van der Waals surface area contributed by atoms with Crippen LogP contribution in [0.2, 0.25) is 0 Å². The Bertz CT molecular complexity index is 1140. The number of nitrogens with one attached hydrogen (secondary N) is 2. The lowest BCUT2D eigenvalue weighted by molar-refractivity contribution is -0.119. The summed E-state index contributed by atoms with van der Waals surface area (Å²) >= 11 is 0. The number of hydrogen-bond donors (Lipinski definition) is 2. The van der Waals surface area contributed by atoms with Gasteiger partial charge in [-0.2, -0.15) is 0 Å². The van der Waals surface area contributed by atoms with Gasteiger partial charge in [0.25, 0.3) is 0 Å². The second-order valence-corrected chi connectivity index (χ2v) is 8.30. The zero-order valence-electron chi connectivity index (χ0n) is 19.3. The molecule has 2 N–H and O–H groups in total. The summed E-state index contributed by atoms with van der Waals surface area (Å²) in [5, 5.41) is 7.11. The number of aromatic nitrogens is 2. The van der Waals surface area contributed by atoms with Gasteiger partial charge in [-0.15, -0.1) is 0 Å². The van der Waals surface area contributed by atoms with Crippen molar-refractivity contribution in [1.29, 1.82) is 0 Å². The molecular weight excluding hydrogens is 420 g/mol. The van der Waals surface area contributed by atoms with E-state index in [0.29, 0.717) is 54.5 Å². The van der Waals surface area contributed by atoms with E-state index in [2.05, 4.69) is 34.7 Å². The van der Waals surface area contributed by atoms with Gasteiger partial charge in [-0.1, -0.05) is 37.3 Å². The number of fused-ring (bicyclic) bond motifs is 1. The lowest BCUT2D eigenvalue weighted by Gasteiger charge is -2.14. The summed E-state index contributed by atoms with van der Waals surface area (Å²) in [6.45, 7) is 6.26. The van der Waals surface area contributed by atoms with Crippen molar-refractivity contribution in [3.05, 3.63) is 53.9 Å². The van der Waals surface area contributed by atoms with Gasteiger partial charge < -0.3 is 24.7 Å². The molecule has 1 aromatic carbocycles. The normalized spacial score (nSPS) is 16.5. The first-order chi connectivity index (χ1) is 16.0. The fraction of sp³-hybridized carbons (Fsp3) is 0.400. The van der Waals surface area contributed by atoms with Crippen LogP contribution in [-0.4, -0.2) is 48.3 Å². The molecule has 0 spiro atoms. The minimum absolute atomic E-state index is 0.163. The number of ether oxygens (including phenoxy) is 2. The molecule has 1 amide bonds. The van der Waals surface area contributed by atoms with E-state index in [0.717, 1.165) is 12.2 Å². The number of benzene rings is 1. The predicted molar refractivity (Wildman–Crippen MR) is 128 cm³/mol. The molecule has 3 aromatic rings. The molecule has 33 heavy (non-hydrogen) atoms. The quantitative estimate of drug-likeness (QED) is 0.503. The molecule has 174 valence electrons. The van der Waals surface area contributed by atoms with Gasteiger partial charge in [0.15, 0.2) is 5.69 Å². The van der Waals surface area contributed by atoms with Gasteiger partial charge in [0.2, 0.25) is 5.91 Å². The Hall–Kier alpha value is -3.39. The Kier molecular flexibility index (Phi) is 6.93. The highest BCUT2D eigenvalue weighted by Gasteiger charge is 2.29. The van der Waals surface area contributed by atoms with Crippen molar-refractivity contribution in [2.24, 2.45) is 5.92 Å². The van der Waals surface area contributed by atoms with Crippen molar-refractivity contribution in [2.75, 3.05) is 37.5 Å². The molecule has 4 rings (SSSR count). The number of hydrogen-bond acceptors (Lipinski definition) is 6. The average molecular weight is 451 g/mol. The summed E-state index contributed by atoms with van der Waals surface area (Å²) in [5.41, 5.74) is 3.41. The van der Waals surface area contributed by atoms with Gasteiger partial charge >= 0.3 is 5.97 Å². The Morgan fingerprint density at radius 3 is 2.76 bits per heavy atom. The number of carbonyl (C=O) groups excluding carboxylic acids is 2. The second-order valence-electron chi connectivity index (χ2n) is 8.30. The van der Waals surface area contributed by atoms with Crippen LogP contribution >= 0.6 is 0 Å². The average Bonchev–Trinajstić information content (AvgIpc) is 3.49. The van der Waals surface area contributed by atoms with Gasteiger partial charge in [-0.3, -0.25) is 4.79 Å². The Morgan fingerprint density at radius 2 is 2.09 bits per heavy atom. The number of nitrogens with zero attached hydrogens (tertiary/aromatic N) is 2. The van der Waals surface area contributed by atoms with Gasteiger partial charge in [0.05, 0.1) is 37.2 Å². The number of aryl methyl sites for hydroxylation is 1. The molecule has 2 atom stereocenters. The maximum Gasteiger partial charge on any atom is 0.356 e. The van der Waals surface area contributed by atoms with Crippen molar-refractivity contribution in [3.8, 4) is 0 Å². The highest BCUT2D eigenvalue weighted by atomic mass is 16.5. The molecule has 1 aliphatic rings. The molecule has 0 bridgehead atoms. The van der Waals surface area contributed by atoms with Crippen LogP contribution in [0.1, 0.15) is 42.2 Å². The van der Waals surface area contributed by atoms with Crippen LogP contribution < -0.4 is 10.6 Å². The molecule has 1 fully saturated rings. The van der Waals surface area contributed by atoms with Crippen molar-refractivity contribution in [1.82, 2.24) is 9.55 Å². The van der Waals surface area contributed by atoms with Crippen LogP contribution in [0.25, 0.3) is 11.0 Å². The molecule has 8 heteroatoms. The molecule has 0 radical (unpaired) electrons. The summed E-state index contributed by atoms with van der Waals surface area (Å²) < 4.78 is 12.2. The third-order valence-electron chi connectivity index (χ3n) is 6.12. The minimum atomic E-state index is -0.514. The van der Waals surface area contributed by atoms with Crippen LogP contribution in [0, 0.1) is 5.92 Å². The molecule has 1 saturated heterocycles. The summed E-state index contributed by atoms with van der Waals surface area (Å²) in [5.74, 6) is -0.616. The van der Waals surface area contributed by atoms with Gasteiger partial charge in [-0.05, 0) is 30.9 Å². The Labute approximate surface area is 193 Å².